The van der Waals surface area contributed by atoms with Crippen LogP contribution in [0.4, 0.5) is 15.0 Å². The van der Waals surface area contributed by atoms with Crippen LogP contribution < -0.4 is 4.90 Å². The van der Waals surface area contributed by atoms with Crippen LogP contribution in [0.1, 0.15) is 20.8 Å². The van der Waals surface area contributed by atoms with Crippen LogP contribution in [0.3, 0.4) is 0 Å². The standard InChI is InChI=1S/C20H26FN3O3/c1-20(2,3)27-19(25)23-10-11-24(14(12-23)13-26-4)18-16-6-5-7-17(21)15(16)8-9-22-18/h5-9,14H,10-13H2,1-4H3/t14-/m0/s1. The van der Waals surface area contributed by atoms with E-state index in [0.717, 1.165) is 5.39 Å². The summed E-state index contributed by atoms with van der Waals surface area (Å²) in [4.78, 5) is 20.7. The van der Waals surface area contributed by atoms with Crippen molar-refractivity contribution in [2.24, 2.45) is 0 Å². The molecule has 0 saturated carbocycles. The highest BCUT2D eigenvalue weighted by Crippen LogP contribution is 2.29. The highest BCUT2D eigenvalue weighted by molar-refractivity contribution is 5.92. The van der Waals surface area contributed by atoms with E-state index in [1.54, 1.807) is 30.3 Å². The summed E-state index contributed by atoms with van der Waals surface area (Å²) in [6.45, 7) is 7.49. The van der Waals surface area contributed by atoms with Crippen LogP contribution >= 0.6 is 0 Å². The van der Waals surface area contributed by atoms with Gasteiger partial charge in [-0.2, -0.15) is 0 Å². The van der Waals surface area contributed by atoms with Gasteiger partial charge < -0.3 is 19.3 Å². The average molecular weight is 375 g/mol. The SMILES string of the molecule is COC[C@@H]1CN(C(=O)OC(C)(C)C)CCN1c1nccc2c(F)cccc12. The Morgan fingerprint density at radius 1 is 1.26 bits per heavy atom. The summed E-state index contributed by atoms with van der Waals surface area (Å²) in [5, 5.41) is 1.29. The first kappa shape index (κ1) is 19.4. The molecule has 1 fully saturated rings. The largest absolute Gasteiger partial charge is 0.444 e. The minimum Gasteiger partial charge on any atom is -0.444 e. The molecule has 0 unspecified atom stereocenters. The normalized spacial score (nSPS) is 18.0. The number of nitrogens with zero attached hydrogens (tertiary/aromatic N) is 3. The minimum atomic E-state index is -0.542. The summed E-state index contributed by atoms with van der Waals surface area (Å²) in [5.41, 5.74) is -0.542. The molecule has 1 aliphatic heterocycles. The molecule has 27 heavy (non-hydrogen) atoms. The molecule has 1 saturated heterocycles. The van der Waals surface area contributed by atoms with Crippen molar-refractivity contribution < 1.29 is 18.7 Å². The number of hydrogen-bond donors (Lipinski definition) is 0. The van der Waals surface area contributed by atoms with Gasteiger partial charge >= 0.3 is 6.09 Å². The van der Waals surface area contributed by atoms with Crippen molar-refractivity contribution in [3.8, 4) is 0 Å². The van der Waals surface area contributed by atoms with Gasteiger partial charge in [-0.1, -0.05) is 12.1 Å². The van der Waals surface area contributed by atoms with E-state index in [-0.39, 0.29) is 18.0 Å². The Bertz CT molecular complexity index is 822. The number of piperazine rings is 1. The van der Waals surface area contributed by atoms with Gasteiger partial charge in [0.2, 0.25) is 0 Å². The van der Waals surface area contributed by atoms with E-state index in [0.29, 0.717) is 37.4 Å². The van der Waals surface area contributed by atoms with E-state index in [1.165, 1.54) is 6.07 Å². The quantitative estimate of drug-likeness (QED) is 0.823. The van der Waals surface area contributed by atoms with Crippen LogP contribution in [-0.4, -0.2) is 61.0 Å². The Hall–Kier alpha value is -2.41. The van der Waals surface area contributed by atoms with Crippen molar-refractivity contribution in [3.05, 3.63) is 36.3 Å². The van der Waals surface area contributed by atoms with E-state index in [4.69, 9.17) is 9.47 Å². The Kier molecular flexibility index (Phi) is 5.51. The van der Waals surface area contributed by atoms with Crippen LogP contribution in [0.5, 0.6) is 0 Å². The fourth-order valence-electron chi connectivity index (χ4n) is 3.34. The number of fused-ring (bicyclic) bond motifs is 1. The maximum atomic E-state index is 14.2. The van der Waals surface area contributed by atoms with E-state index >= 15 is 0 Å². The van der Waals surface area contributed by atoms with Gasteiger partial charge in [0, 0.05) is 43.7 Å². The van der Waals surface area contributed by atoms with E-state index in [2.05, 4.69) is 9.88 Å². The molecule has 0 spiro atoms. The molecule has 146 valence electrons. The second-order valence-electron chi connectivity index (χ2n) is 7.70. The number of pyridine rings is 1. The molecule has 1 atom stereocenters. The van der Waals surface area contributed by atoms with Crippen LogP contribution in [0, 0.1) is 5.82 Å². The lowest BCUT2D eigenvalue weighted by molar-refractivity contribution is 0.0186. The number of carbonyl (C=O) groups excluding carboxylic acids is 1. The Labute approximate surface area is 158 Å². The lowest BCUT2D eigenvalue weighted by Gasteiger charge is -2.42. The third-order valence-corrected chi connectivity index (χ3v) is 4.50. The number of rotatable bonds is 3. The second-order valence-corrected chi connectivity index (χ2v) is 7.70. The van der Waals surface area contributed by atoms with E-state index in [1.807, 2.05) is 26.8 Å². The van der Waals surface area contributed by atoms with E-state index < -0.39 is 5.60 Å². The molecule has 0 N–H and O–H groups in total. The molecule has 0 bridgehead atoms. The lowest BCUT2D eigenvalue weighted by Crippen LogP contribution is -2.57. The molecular weight excluding hydrogens is 349 g/mol. The number of methoxy groups -OCH3 is 1. The van der Waals surface area contributed by atoms with Crippen molar-refractivity contribution in [2.45, 2.75) is 32.4 Å². The zero-order chi connectivity index (χ0) is 19.6. The molecule has 1 aromatic carbocycles. The maximum Gasteiger partial charge on any atom is 0.410 e. The van der Waals surface area contributed by atoms with E-state index in [9.17, 15) is 9.18 Å². The number of anilines is 1. The number of ether oxygens (including phenoxy) is 2. The van der Waals surface area contributed by atoms with Gasteiger partial charge in [0.05, 0.1) is 12.6 Å². The topological polar surface area (TPSA) is 54.9 Å². The number of halogens is 1. The Morgan fingerprint density at radius 3 is 2.74 bits per heavy atom. The molecule has 2 heterocycles. The zero-order valence-corrected chi connectivity index (χ0v) is 16.2. The van der Waals surface area contributed by atoms with Crippen LogP contribution in [-0.2, 0) is 9.47 Å². The summed E-state index contributed by atoms with van der Waals surface area (Å²) in [6, 6.07) is 6.57. The predicted octanol–water partition coefficient (Wildman–Crippen LogP) is 3.45. The van der Waals surface area contributed by atoms with Crippen LogP contribution in [0.25, 0.3) is 10.8 Å². The van der Waals surface area contributed by atoms with Crippen molar-refractivity contribution in [3.63, 3.8) is 0 Å². The van der Waals surface area contributed by atoms with Gasteiger partial charge in [-0.3, -0.25) is 0 Å². The Morgan fingerprint density at radius 2 is 2.04 bits per heavy atom. The van der Waals surface area contributed by atoms with Crippen molar-refractivity contribution >= 4 is 22.7 Å². The molecule has 7 heteroatoms. The van der Waals surface area contributed by atoms with Crippen LogP contribution in [0.15, 0.2) is 30.5 Å². The zero-order valence-electron chi connectivity index (χ0n) is 16.2. The van der Waals surface area contributed by atoms with Gasteiger partial charge in [-0.05, 0) is 32.9 Å². The third kappa shape index (κ3) is 4.30. The fraction of sp³-hybridized carbons (Fsp3) is 0.500. The molecule has 1 aliphatic rings. The lowest BCUT2D eigenvalue weighted by atomic mass is 10.1. The van der Waals surface area contributed by atoms with Gasteiger partial charge in [-0.15, -0.1) is 0 Å². The third-order valence-electron chi connectivity index (χ3n) is 4.50. The number of amides is 1. The molecule has 0 aliphatic carbocycles. The highest BCUT2D eigenvalue weighted by Gasteiger charge is 2.33. The summed E-state index contributed by atoms with van der Waals surface area (Å²) in [7, 11) is 1.63. The average Bonchev–Trinajstić information content (AvgIpc) is 2.61. The highest BCUT2D eigenvalue weighted by atomic mass is 19.1. The number of benzene rings is 1. The smallest absolute Gasteiger partial charge is 0.410 e. The van der Waals surface area contributed by atoms with Crippen molar-refractivity contribution in [1.82, 2.24) is 9.88 Å². The first-order valence-electron chi connectivity index (χ1n) is 9.07. The summed E-state index contributed by atoms with van der Waals surface area (Å²) in [5.74, 6) is 0.435. The summed E-state index contributed by atoms with van der Waals surface area (Å²) < 4.78 is 25.0. The fourth-order valence-corrected chi connectivity index (χ4v) is 3.34. The molecule has 1 aromatic heterocycles. The minimum absolute atomic E-state index is 0.0994. The summed E-state index contributed by atoms with van der Waals surface area (Å²) in [6.07, 6.45) is 1.28. The van der Waals surface area contributed by atoms with Gasteiger partial charge in [0.1, 0.15) is 17.2 Å². The predicted molar refractivity (Wildman–Crippen MR) is 103 cm³/mol. The number of carbonyl (C=O) groups is 1. The monoisotopic (exact) mass is 375 g/mol. The van der Waals surface area contributed by atoms with Crippen LogP contribution in [0.2, 0.25) is 0 Å². The molecule has 3 rings (SSSR count). The van der Waals surface area contributed by atoms with Crippen molar-refractivity contribution in [1.29, 1.82) is 0 Å². The second kappa shape index (κ2) is 7.68. The molecule has 1 amide bonds. The number of hydrogen-bond acceptors (Lipinski definition) is 5. The molecular formula is C20H26FN3O3. The van der Waals surface area contributed by atoms with Gasteiger partial charge in [-0.25, -0.2) is 14.2 Å². The first-order valence-corrected chi connectivity index (χ1v) is 9.07. The number of aromatic nitrogens is 1. The Balaban J connectivity index is 1.87. The maximum absolute atomic E-state index is 14.2. The van der Waals surface area contributed by atoms with Crippen molar-refractivity contribution in [2.75, 3.05) is 38.3 Å². The molecule has 6 nitrogen and oxygen atoms in total. The summed E-state index contributed by atoms with van der Waals surface area (Å²) >= 11 is 0. The molecule has 0 radical (unpaired) electrons. The first-order chi connectivity index (χ1) is 12.8. The van der Waals surface area contributed by atoms with Gasteiger partial charge in [0.25, 0.3) is 0 Å². The van der Waals surface area contributed by atoms with Gasteiger partial charge in [0.15, 0.2) is 0 Å². The molecule has 2 aromatic rings.